The van der Waals surface area contributed by atoms with E-state index in [1.165, 1.54) is 12.1 Å². The molecule has 0 fully saturated rings. The average Bonchev–Trinajstić information content (AvgIpc) is 2.78. The zero-order valence-corrected chi connectivity index (χ0v) is 10.9. The highest BCUT2D eigenvalue weighted by Crippen LogP contribution is 2.44. The highest BCUT2D eigenvalue weighted by atomic mass is 16.5. The fourth-order valence-corrected chi connectivity index (χ4v) is 2.09. The van der Waals surface area contributed by atoms with Crippen LogP contribution in [0.15, 0.2) is 30.0 Å². The van der Waals surface area contributed by atoms with E-state index in [0.29, 0.717) is 0 Å². The summed E-state index contributed by atoms with van der Waals surface area (Å²) in [6, 6.07) is 4.72. The van der Waals surface area contributed by atoms with Crippen LogP contribution in [0.3, 0.4) is 0 Å². The lowest BCUT2D eigenvalue weighted by Gasteiger charge is -2.04. The molecular formula is C15H10O7. The predicted octanol–water partition coefficient (Wildman–Crippen LogP) is 1.83. The summed E-state index contributed by atoms with van der Waals surface area (Å²) in [5.41, 5.74) is 0.279. The number of ether oxygens (including phenoxy) is 1. The molecule has 1 aliphatic rings. The number of phenolic OH excluding ortho intramolecular Hbond substituents is 5. The number of ketones is 1. The van der Waals surface area contributed by atoms with Crippen LogP contribution in [0.25, 0.3) is 6.08 Å². The van der Waals surface area contributed by atoms with Crippen molar-refractivity contribution in [2.45, 2.75) is 0 Å². The van der Waals surface area contributed by atoms with Gasteiger partial charge in [-0.05, 0) is 35.9 Å². The highest BCUT2D eigenvalue weighted by Gasteiger charge is 2.31. The normalized spacial score (nSPS) is 14.9. The molecule has 3 rings (SSSR count). The van der Waals surface area contributed by atoms with Gasteiger partial charge in [0.1, 0.15) is 0 Å². The summed E-state index contributed by atoms with van der Waals surface area (Å²) in [6.45, 7) is 0. The summed E-state index contributed by atoms with van der Waals surface area (Å²) >= 11 is 0. The molecule has 0 unspecified atom stereocenters. The number of fused-ring (bicyclic) bond motifs is 1. The average molecular weight is 302 g/mol. The number of carbonyl (C=O) groups excluding carboxylic acids is 1. The topological polar surface area (TPSA) is 127 Å². The number of Topliss-reactive ketones (excluding diaryl/α,β-unsaturated/α-hetero) is 1. The Balaban J connectivity index is 2.05. The number of hydrogen-bond acceptors (Lipinski definition) is 7. The molecule has 0 aromatic heterocycles. The molecule has 0 bridgehead atoms. The van der Waals surface area contributed by atoms with Crippen molar-refractivity contribution in [3.05, 3.63) is 41.2 Å². The van der Waals surface area contributed by atoms with Crippen LogP contribution in [0.4, 0.5) is 0 Å². The third kappa shape index (κ3) is 1.96. The fourth-order valence-electron chi connectivity index (χ4n) is 2.09. The Hall–Kier alpha value is -3.35. The number of aromatic hydroxyl groups is 5. The molecule has 2 aromatic rings. The minimum Gasteiger partial charge on any atom is -0.504 e. The van der Waals surface area contributed by atoms with Gasteiger partial charge in [-0.1, -0.05) is 0 Å². The van der Waals surface area contributed by atoms with Gasteiger partial charge >= 0.3 is 0 Å². The van der Waals surface area contributed by atoms with Crippen molar-refractivity contribution in [2.75, 3.05) is 0 Å². The fraction of sp³-hybridized carbons (Fsp3) is 0. The number of hydrogen-bond donors (Lipinski definition) is 5. The molecule has 0 spiro atoms. The Kier molecular flexibility index (Phi) is 2.84. The molecule has 5 N–H and O–H groups in total. The lowest BCUT2D eigenvalue weighted by molar-refractivity contribution is 0.101. The first-order valence-electron chi connectivity index (χ1n) is 6.12. The van der Waals surface area contributed by atoms with E-state index in [-0.39, 0.29) is 22.6 Å². The molecule has 0 amide bonds. The third-order valence-corrected chi connectivity index (χ3v) is 3.18. The number of allylic oxidation sites excluding steroid dienone is 1. The molecule has 0 saturated carbocycles. The molecule has 0 aliphatic carbocycles. The van der Waals surface area contributed by atoms with Crippen LogP contribution >= 0.6 is 0 Å². The van der Waals surface area contributed by atoms with Crippen LogP contribution < -0.4 is 4.74 Å². The van der Waals surface area contributed by atoms with E-state index in [2.05, 4.69) is 0 Å². The molecule has 112 valence electrons. The summed E-state index contributed by atoms with van der Waals surface area (Å²) in [6.07, 6.45) is 1.22. The maximum absolute atomic E-state index is 12.1. The van der Waals surface area contributed by atoms with Crippen LogP contribution in [0.2, 0.25) is 0 Å². The zero-order valence-electron chi connectivity index (χ0n) is 10.9. The molecule has 22 heavy (non-hydrogen) atoms. The van der Waals surface area contributed by atoms with Gasteiger partial charge in [0.2, 0.25) is 11.5 Å². The third-order valence-electron chi connectivity index (χ3n) is 3.18. The standard InChI is InChI=1S/C15H10O7/c16-8-2-1-7-12(19)11(22-15(7)14(8)21)5-6-3-9(17)13(20)10(18)4-6/h1-5,16-18,20-21H/b11-5+. The van der Waals surface area contributed by atoms with Gasteiger partial charge in [0.05, 0.1) is 5.56 Å². The van der Waals surface area contributed by atoms with E-state index in [0.717, 1.165) is 18.2 Å². The minimum absolute atomic E-state index is 0.0776. The van der Waals surface area contributed by atoms with E-state index in [1.54, 1.807) is 0 Å². The van der Waals surface area contributed by atoms with Gasteiger partial charge in [0.15, 0.2) is 34.5 Å². The van der Waals surface area contributed by atoms with Gasteiger partial charge in [0, 0.05) is 0 Å². The number of benzene rings is 2. The van der Waals surface area contributed by atoms with Crippen molar-refractivity contribution in [3.8, 4) is 34.5 Å². The van der Waals surface area contributed by atoms with E-state index in [4.69, 9.17) is 4.74 Å². The molecule has 0 atom stereocenters. The first kappa shape index (κ1) is 13.6. The predicted molar refractivity (Wildman–Crippen MR) is 74.1 cm³/mol. The molecule has 1 heterocycles. The van der Waals surface area contributed by atoms with E-state index < -0.39 is 34.5 Å². The van der Waals surface area contributed by atoms with Gasteiger partial charge in [-0.15, -0.1) is 0 Å². The summed E-state index contributed by atoms with van der Waals surface area (Å²) in [7, 11) is 0. The van der Waals surface area contributed by atoms with Crippen LogP contribution in [0, 0.1) is 0 Å². The van der Waals surface area contributed by atoms with Crippen molar-refractivity contribution >= 4 is 11.9 Å². The maximum Gasteiger partial charge on any atom is 0.232 e. The van der Waals surface area contributed by atoms with Gasteiger partial charge in [-0.3, -0.25) is 4.79 Å². The Morgan fingerprint density at radius 2 is 1.50 bits per heavy atom. The summed E-state index contributed by atoms with van der Waals surface area (Å²) in [5, 5.41) is 47.2. The van der Waals surface area contributed by atoms with Gasteiger partial charge < -0.3 is 30.3 Å². The van der Waals surface area contributed by atoms with Crippen LogP contribution in [0.5, 0.6) is 34.5 Å². The largest absolute Gasteiger partial charge is 0.504 e. The Labute approximate surface area is 123 Å². The zero-order chi connectivity index (χ0) is 16.0. The molecule has 2 aromatic carbocycles. The van der Waals surface area contributed by atoms with Crippen LogP contribution in [-0.2, 0) is 0 Å². The van der Waals surface area contributed by atoms with Crippen LogP contribution in [-0.4, -0.2) is 31.3 Å². The van der Waals surface area contributed by atoms with Gasteiger partial charge in [0.25, 0.3) is 0 Å². The molecule has 0 saturated heterocycles. The van der Waals surface area contributed by atoms with Crippen molar-refractivity contribution in [3.63, 3.8) is 0 Å². The highest BCUT2D eigenvalue weighted by molar-refractivity contribution is 6.15. The van der Waals surface area contributed by atoms with Crippen molar-refractivity contribution in [1.82, 2.24) is 0 Å². The first-order valence-corrected chi connectivity index (χ1v) is 6.12. The second-order valence-electron chi connectivity index (χ2n) is 4.66. The lowest BCUT2D eigenvalue weighted by Crippen LogP contribution is -1.97. The monoisotopic (exact) mass is 302 g/mol. The Morgan fingerprint density at radius 1 is 0.864 bits per heavy atom. The van der Waals surface area contributed by atoms with Gasteiger partial charge in [-0.25, -0.2) is 0 Å². The van der Waals surface area contributed by atoms with Crippen molar-refractivity contribution < 1.29 is 35.1 Å². The van der Waals surface area contributed by atoms with Gasteiger partial charge in [-0.2, -0.15) is 0 Å². The maximum atomic E-state index is 12.1. The second kappa shape index (κ2) is 4.59. The van der Waals surface area contributed by atoms with E-state index >= 15 is 0 Å². The molecular weight excluding hydrogens is 292 g/mol. The molecule has 0 radical (unpaired) electrons. The van der Waals surface area contributed by atoms with Crippen molar-refractivity contribution in [1.29, 1.82) is 0 Å². The quantitative estimate of drug-likeness (QED) is 0.401. The Bertz CT molecular complexity index is 813. The molecule has 1 aliphatic heterocycles. The summed E-state index contributed by atoms with van der Waals surface area (Å²) in [4.78, 5) is 12.1. The van der Waals surface area contributed by atoms with Crippen LogP contribution in [0.1, 0.15) is 15.9 Å². The van der Waals surface area contributed by atoms with E-state index in [9.17, 15) is 30.3 Å². The Morgan fingerprint density at radius 3 is 2.14 bits per heavy atom. The van der Waals surface area contributed by atoms with Crippen molar-refractivity contribution in [2.24, 2.45) is 0 Å². The lowest BCUT2D eigenvalue weighted by atomic mass is 10.1. The minimum atomic E-state index is -0.674. The summed E-state index contributed by atoms with van der Waals surface area (Å²) < 4.78 is 5.22. The second-order valence-corrected chi connectivity index (χ2v) is 4.66. The summed E-state index contributed by atoms with van der Waals surface area (Å²) in [5.74, 6) is -3.63. The molecule has 7 heteroatoms. The number of phenols is 5. The molecule has 7 nitrogen and oxygen atoms in total. The number of rotatable bonds is 1. The SMILES string of the molecule is O=C1/C(=C\c2cc(O)c(O)c(O)c2)Oc2c1ccc(O)c2O. The van der Waals surface area contributed by atoms with E-state index in [1.807, 2.05) is 0 Å². The smallest absolute Gasteiger partial charge is 0.232 e. The first-order chi connectivity index (χ1) is 10.4. The number of carbonyl (C=O) groups is 1.